The van der Waals surface area contributed by atoms with Gasteiger partial charge in [0.2, 0.25) is 0 Å². The molecule has 84 valence electrons. The van der Waals surface area contributed by atoms with Crippen LogP contribution in [0.3, 0.4) is 0 Å². The summed E-state index contributed by atoms with van der Waals surface area (Å²) in [5.74, 6) is -1.06. The van der Waals surface area contributed by atoms with Gasteiger partial charge in [-0.1, -0.05) is 11.6 Å². The van der Waals surface area contributed by atoms with Crippen LogP contribution in [-0.2, 0) is 14.1 Å². The second kappa shape index (κ2) is 4.56. The fourth-order valence-electron chi connectivity index (χ4n) is 0.737. The van der Waals surface area contributed by atoms with Gasteiger partial charge in [-0.2, -0.15) is 8.42 Å². The third kappa shape index (κ3) is 3.23. The van der Waals surface area contributed by atoms with Crippen LogP contribution < -0.4 is 4.18 Å². The highest BCUT2D eigenvalue weighted by molar-refractivity contribution is 8.10. The Hall–Kier alpha value is -0.500. The first-order valence-corrected chi connectivity index (χ1v) is 6.83. The van der Waals surface area contributed by atoms with Gasteiger partial charge >= 0.3 is 15.3 Å². The monoisotopic (exact) mass is 290 g/mol. The topological polar surface area (TPSA) is 69.7 Å². The number of hydrogen-bond donors (Lipinski definition) is 0. The molecule has 0 atom stereocenters. The maximum atomic E-state index is 11.1. The molecule has 9 heteroatoms. The van der Waals surface area contributed by atoms with Crippen LogP contribution in [0, 0.1) is 0 Å². The summed E-state index contributed by atoms with van der Waals surface area (Å²) < 4.78 is 30.0. The lowest BCUT2D eigenvalue weighted by Crippen LogP contribution is -2.05. The molecule has 0 aliphatic heterocycles. The lowest BCUT2D eigenvalue weighted by Gasteiger charge is -2.01. The number of hydrogen-bond acceptors (Lipinski definition) is 6. The van der Waals surface area contributed by atoms with Crippen LogP contribution in [0.5, 0.6) is 5.75 Å². The van der Waals surface area contributed by atoms with Gasteiger partial charge < -0.3 is 8.92 Å². The second-order valence-corrected chi connectivity index (χ2v) is 5.58. The quantitative estimate of drug-likeness (QED) is 0.629. The number of ether oxygens (including phenoxy) is 1. The molecule has 0 aromatic carbocycles. The van der Waals surface area contributed by atoms with Crippen LogP contribution in [0.25, 0.3) is 0 Å². The van der Waals surface area contributed by atoms with Crippen molar-refractivity contribution in [1.29, 1.82) is 0 Å². The zero-order chi connectivity index (χ0) is 11.6. The van der Waals surface area contributed by atoms with Crippen LogP contribution in [0.15, 0.2) is 5.38 Å². The minimum atomic E-state index is -4.25. The van der Waals surface area contributed by atoms with Crippen molar-refractivity contribution < 1.29 is 22.1 Å². The predicted octanol–water partition coefficient (Wildman–Crippen LogP) is 2.05. The Balaban J connectivity index is 3.16. The van der Waals surface area contributed by atoms with E-state index in [2.05, 4.69) is 8.92 Å². The van der Waals surface area contributed by atoms with E-state index in [1.807, 2.05) is 0 Å². The SMILES string of the molecule is COC(=O)c1scc(Cl)c1OS(=O)(=O)Cl. The first kappa shape index (κ1) is 12.6. The molecule has 0 spiro atoms. The zero-order valence-electron chi connectivity index (χ0n) is 7.19. The Bertz CT molecular complexity index is 478. The van der Waals surface area contributed by atoms with Gasteiger partial charge in [-0.15, -0.1) is 11.3 Å². The summed E-state index contributed by atoms with van der Waals surface area (Å²) in [7, 11) is 1.76. The molecule has 1 aromatic rings. The van der Waals surface area contributed by atoms with Gasteiger partial charge in [0, 0.05) is 5.38 Å². The number of carbonyl (C=O) groups is 1. The fraction of sp³-hybridized carbons (Fsp3) is 0.167. The number of esters is 1. The molecule has 5 nitrogen and oxygen atoms in total. The Labute approximate surface area is 99.1 Å². The van der Waals surface area contributed by atoms with Crippen molar-refractivity contribution in [2.24, 2.45) is 0 Å². The summed E-state index contributed by atoms with van der Waals surface area (Å²) in [5, 5.41) is 1.32. The van der Waals surface area contributed by atoms with Crippen molar-refractivity contribution in [3.8, 4) is 5.75 Å². The van der Waals surface area contributed by atoms with Crippen LogP contribution in [-0.4, -0.2) is 21.5 Å². The first-order chi connectivity index (χ1) is 6.85. The van der Waals surface area contributed by atoms with E-state index in [-0.39, 0.29) is 15.6 Å². The highest BCUT2D eigenvalue weighted by atomic mass is 35.7. The van der Waals surface area contributed by atoms with Gasteiger partial charge in [0.25, 0.3) is 0 Å². The largest absolute Gasteiger partial charge is 0.465 e. The van der Waals surface area contributed by atoms with E-state index < -0.39 is 15.3 Å². The molecule has 1 rings (SSSR count). The molecular formula is C6H4Cl2O5S2. The maximum Gasteiger partial charge on any atom is 0.401 e. The summed E-state index contributed by atoms with van der Waals surface area (Å²) in [6.07, 6.45) is 0. The zero-order valence-corrected chi connectivity index (χ0v) is 10.3. The van der Waals surface area contributed by atoms with Gasteiger partial charge in [0.1, 0.15) is 0 Å². The molecule has 0 fully saturated rings. The summed E-state index contributed by atoms with van der Waals surface area (Å²) in [6.45, 7) is 0. The number of carbonyl (C=O) groups excluding carboxylic acids is 1. The van der Waals surface area contributed by atoms with E-state index in [9.17, 15) is 13.2 Å². The average Bonchev–Trinajstić information content (AvgIpc) is 2.45. The van der Waals surface area contributed by atoms with E-state index >= 15 is 0 Å². The molecule has 0 bridgehead atoms. The summed E-state index contributed by atoms with van der Waals surface area (Å²) in [4.78, 5) is 11.1. The van der Waals surface area contributed by atoms with Crippen LogP contribution in [0.4, 0.5) is 0 Å². The van der Waals surface area contributed by atoms with Crippen LogP contribution >= 0.6 is 33.6 Å². The Kier molecular flexibility index (Phi) is 3.82. The molecule has 0 N–H and O–H groups in total. The molecule has 0 aliphatic carbocycles. The van der Waals surface area contributed by atoms with Crippen molar-refractivity contribution in [1.82, 2.24) is 0 Å². The molecule has 0 saturated carbocycles. The van der Waals surface area contributed by atoms with Crippen LogP contribution in [0.1, 0.15) is 9.67 Å². The lowest BCUT2D eigenvalue weighted by molar-refractivity contribution is 0.0604. The third-order valence-electron chi connectivity index (χ3n) is 1.26. The summed E-state index contributed by atoms with van der Waals surface area (Å²) >= 11 is 6.50. The van der Waals surface area contributed by atoms with Crippen molar-refractivity contribution in [2.75, 3.05) is 7.11 Å². The van der Waals surface area contributed by atoms with E-state index in [1.165, 1.54) is 5.38 Å². The predicted molar refractivity (Wildman–Crippen MR) is 56.1 cm³/mol. The maximum absolute atomic E-state index is 11.1. The molecule has 0 aliphatic rings. The number of thiophene rings is 1. The summed E-state index contributed by atoms with van der Waals surface area (Å²) in [6, 6.07) is 0. The number of methoxy groups -OCH3 is 1. The van der Waals surface area contributed by atoms with Gasteiger partial charge in [0.05, 0.1) is 22.8 Å². The molecule has 1 heterocycles. The van der Waals surface area contributed by atoms with Crippen molar-refractivity contribution in [3.05, 3.63) is 15.3 Å². The molecular weight excluding hydrogens is 287 g/mol. The van der Waals surface area contributed by atoms with E-state index in [4.69, 9.17) is 22.3 Å². The highest BCUT2D eigenvalue weighted by Crippen LogP contribution is 2.36. The smallest absolute Gasteiger partial charge is 0.401 e. The number of halogens is 2. The van der Waals surface area contributed by atoms with Gasteiger partial charge in [-0.25, -0.2) is 4.79 Å². The Morgan fingerprint density at radius 2 is 2.13 bits per heavy atom. The molecule has 15 heavy (non-hydrogen) atoms. The first-order valence-electron chi connectivity index (χ1n) is 3.34. The molecule has 1 aromatic heterocycles. The lowest BCUT2D eigenvalue weighted by atomic mass is 10.4. The Morgan fingerprint density at radius 3 is 2.60 bits per heavy atom. The molecule has 0 saturated heterocycles. The standard InChI is InChI=1S/C6H4Cl2O5S2/c1-12-6(9)5-4(3(7)2-14-5)13-15(8,10)11/h2H,1H3. The normalized spacial score (nSPS) is 11.1. The molecule has 0 radical (unpaired) electrons. The minimum Gasteiger partial charge on any atom is -0.465 e. The van der Waals surface area contributed by atoms with Crippen LogP contribution in [0.2, 0.25) is 5.02 Å². The van der Waals surface area contributed by atoms with Crippen molar-refractivity contribution in [3.63, 3.8) is 0 Å². The van der Waals surface area contributed by atoms with E-state index in [0.717, 1.165) is 18.4 Å². The van der Waals surface area contributed by atoms with E-state index in [0.29, 0.717) is 0 Å². The van der Waals surface area contributed by atoms with Crippen molar-refractivity contribution in [2.45, 2.75) is 0 Å². The highest BCUT2D eigenvalue weighted by Gasteiger charge is 2.23. The Morgan fingerprint density at radius 1 is 1.53 bits per heavy atom. The van der Waals surface area contributed by atoms with E-state index in [1.54, 1.807) is 0 Å². The third-order valence-corrected chi connectivity index (χ3v) is 3.16. The summed E-state index contributed by atoms with van der Waals surface area (Å²) in [5.41, 5.74) is 0. The fourth-order valence-corrected chi connectivity index (χ4v) is 2.49. The van der Waals surface area contributed by atoms with Gasteiger partial charge in [0.15, 0.2) is 10.6 Å². The van der Waals surface area contributed by atoms with Gasteiger partial charge in [-0.05, 0) is 0 Å². The van der Waals surface area contributed by atoms with Gasteiger partial charge in [-0.3, -0.25) is 0 Å². The van der Waals surface area contributed by atoms with Crippen molar-refractivity contribution >= 4 is 48.9 Å². The minimum absolute atomic E-state index is 0.0235. The second-order valence-electron chi connectivity index (χ2n) is 2.21. The average molecular weight is 291 g/mol. The molecule has 0 unspecified atom stereocenters. The molecule has 0 amide bonds. The number of rotatable bonds is 3.